The largest absolute Gasteiger partial charge is 0.485 e. The van der Waals surface area contributed by atoms with Crippen LogP contribution in [0.1, 0.15) is 6.92 Å². The van der Waals surface area contributed by atoms with Gasteiger partial charge in [-0.1, -0.05) is 24.6 Å². The van der Waals surface area contributed by atoms with Crippen molar-refractivity contribution in [3.63, 3.8) is 0 Å². The summed E-state index contributed by atoms with van der Waals surface area (Å²) in [5, 5.41) is 11.0. The number of para-hydroxylation sites is 1. The van der Waals surface area contributed by atoms with E-state index in [-0.39, 0.29) is 22.4 Å². The minimum atomic E-state index is -0.507. The molecule has 0 N–H and O–H groups in total. The molecule has 0 amide bonds. The third kappa shape index (κ3) is 3.28. The number of hydrogen-bond donors (Lipinski definition) is 1. The van der Waals surface area contributed by atoms with E-state index in [0.717, 1.165) is 0 Å². The normalized spacial score (nSPS) is 12.2. The Labute approximate surface area is 104 Å². The minimum Gasteiger partial charge on any atom is -0.485 e. The van der Waals surface area contributed by atoms with E-state index in [2.05, 4.69) is 12.6 Å². The van der Waals surface area contributed by atoms with Crippen molar-refractivity contribution < 1.29 is 9.66 Å². The first-order valence-electron chi connectivity index (χ1n) is 4.72. The van der Waals surface area contributed by atoms with Crippen LogP contribution in [-0.2, 0) is 0 Å². The summed E-state index contributed by atoms with van der Waals surface area (Å²) in [5.41, 5.74) is -0.112. The van der Waals surface area contributed by atoms with Crippen molar-refractivity contribution in [2.24, 2.45) is 5.92 Å². The standard InChI is InChI=1S/C10H12ClNO3S/c1-7(6-16)5-15-10-8(11)3-2-4-9(10)12(13)14/h2-4,7,16H,5-6H2,1H3. The van der Waals surface area contributed by atoms with Crippen molar-refractivity contribution >= 4 is 29.9 Å². The molecule has 0 aliphatic carbocycles. The van der Waals surface area contributed by atoms with Gasteiger partial charge in [0.1, 0.15) is 0 Å². The van der Waals surface area contributed by atoms with Gasteiger partial charge in [0, 0.05) is 6.07 Å². The molecular weight excluding hydrogens is 250 g/mol. The van der Waals surface area contributed by atoms with Crippen LogP contribution in [0.3, 0.4) is 0 Å². The predicted octanol–water partition coefficient (Wildman–Crippen LogP) is 3.19. The number of ether oxygens (including phenoxy) is 1. The molecule has 16 heavy (non-hydrogen) atoms. The molecule has 1 aromatic carbocycles. The van der Waals surface area contributed by atoms with Crippen LogP contribution in [0.25, 0.3) is 0 Å². The summed E-state index contributed by atoms with van der Waals surface area (Å²) in [6, 6.07) is 4.46. The van der Waals surface area contributed by atoms with E-state index < -0.39 is 4.92 Å². The van der Waals surface area contributed by atoms with Crippen LogP contribution in [-0.4, -0.2) is 17.3 Å². The summed E-state index contributed by atoms with van der Waals surface area (Å²) in [6.07, 6.45) is 0. The number of nitrogens with zero attached hydrogens (tertiary/aromatic N) is 1. The number of thiol groups is 1. The average molecular weight is 262 g/mol. The molecule has 0 saturated heterocycles. The SMILES string of the molecule is CC(CS)COc1c(Cl)cccc1[N+](=O)[O-]. The maximum Gasteiger partial charge on any atom is 0.312 e. The molecule has 1 aromatic rings. The Balaban J connectivity index is 2.88. The zero-order valence-corrected chi connectivity index (χ0v) is 10.4. The Morgan fingerprint density at radius 3 is 2.88 bits per heavy atom. The highest BCUT2D eigenvalue weighted by Crippen LogP contribution is 2.34. The number of hydrogen-bond acceptors (Lipinski definition) is 4. The van der Waals surface area contributed by atoms with Gasteiger partial charge >= 0.3 is 5.69 Å². The number of nitro benzene ring substituents is 1. The lowest BCUT2D eigenvalue weighted by Crippen LogP contribution is -2.10. The van der Waals surface area contributed by atoms with Gasteiger partial charge in [-0.05, 0) is 17.7 Å². The average Bonchev–Trinajstić information content (AvgIpc) is 2.26. The number of halogens is 1. The molecule has 1 rings (SSSR count). The van der Waals surface area contributed by atoms with E-state index in [1.807, 2.05) is 6.92 Å². The Morgan fingerprint density at radius 2 is 2.31 bits per heavy atom. The first kappa shape index (κ1) is 13.1. The van der Waals surface area contributed by atoms with E-state index in [4.69, 9.17) is 16.3 Å². The fraction of sp³-hybridized carbons (Fsp3) is 0.400. The summed E-state index contributed by atoms with van der Waals surface area (Å²) in [5.74, 6) is 0.986. The molecule has 0 radical (unpaired) electrons. The molecule has 1 unspecified atom stereocenters. The lowest BCUT2D eigenvalue weighted by molar-refractivity contribution is -0.385. The molecule has 0 heterocycles. The highest BCUT2D eigenvalue weighted by Gasteiger charge is 2.18. The highest BCUT2D eigenvalue weighted by molar-refractivity contribution is 7.80. The molecule has 0 fully saturated rings. The van der Waals surface area contributed by atoms with Gasteiger partial charge in [-0.15, -0.1) is 0 Å². The maximum absolute atomic E-state index is 10.7. The monoisotopic (exact) mass is 261 g/mol. The first-order chi connectivity index (χ1) is 7.56. The van der Waals surface area contributed by atoms with Crippen molar-refractivity contribution in [1.29, 1.82) is 0 Å². The third-order valence-electron chi connectivity index (χ3n) is 1.97. The Hall–Kier alpha value is -0.940. The smallest absolute Gasteiger partial charge is 0.312 e. The quantitative estimate of drug-likeness (QED) is 0.503. The number of rotatable bonds is 5. The van der Waals surface area contributed by atoms with Gasteiger partial charge in [-0.3, -0.25) is 10.1 Å². The lowest BCUT2D eigenvalue weighted by atomic mass is 10.2. The number of benzene rings is 1. The van der Waals surface area contributed by atoms with Crippen LogP contribution in [0.4, 0.5) is 5.69 Å². The zero-order chi connectivity index (χ0) is 12.1. The molecule has 88 valence electrons. The zero-order valence-electron chi connectivity index (χ0n) is 8.72. The van der Waals surface area contributed by atoms with Crippen LogP contribution in [0.5, 0.6) is 5.75 Å². The molecule has 0 aliphatic rings. The Bertz CT molecular complexity index is 386. The molecule has 0 spiro atoms. The molecule has 0 aromatic heterocycles. The fourth-order valence-electron chi connectivity index (χ4n) is 1.06. The predicted molar refractivity (Wildman–Crippen MR) is 66.6 cm³/mol. The third-order valence-corrected chi connectivity index (χ3v) is 2.89. The van der Waals surface area contributed by atoms with E-state index in [1.54, 1.807) is 6.07 Å². The van der Waals surface area contributed by atoms with Gasteiger partial charge in [0.25, 0.3) is 0 Å². The molecular formula is C10H12ClNO3S. The van der Waals surface area contributed by atoms with Crippen molar-refractivity contribution in [2.75, 3.05) is 12.4 Å². The molecule has 0 aliphatic heterocycles. The second-order valence-electron chi connectivity index (χ2n) is 3.44. The van der Waals surface area contributed by atoms with Crippen LogP contribution < -0.4 is 4.74 Å². The molecule has 0 saturated carbocycles. The first-order valence-corrected chi connectivity index (χ1v) is 5.74. The summed E-state index contributed by atoms with van der Waals surface area (Å²) in [7, 11) is 0. The van der Waals surface area contributed by atoms with E-state index in [0.29, 0.717) is 12.4 Å². The van der Waals surface area contributed by atoms with Gasteiger partial charge in [0.2, 0.25) is 5.75 Å². The second kappa shape index (κ2) is 5.96. The molecule has 6 heteroatoms. The van der Waals surface area contributed by atoms with Crippen molar-refractivity contribution in [3.8, 4) is 5.75 Å². The molecule has 1 atom stereocenters. The fourth-order valence-corrected chi connectivity index (χ4v) is 1.39. The van der Waals surface area contributed by atoms with Crippen molar-refractivity contribution in [2.45, 2.75) is 6.92 Å². The van der Waals surface area contributed by atoms with Gasteiger partial charge in [-0.2, -0.15) is 12.6 Å². The van der Waals surface area contributed by atoms with Crippen LogP contribution >= 0.6 is 24.2 Å². The van der Waals surface area contributed by atoms with Crippen molar-refractivity contribution in [3.05, 3.63) is 33.3 Å². The van der Waals surface area contributed by atoms with Crippen molar-refractivity contribution in [1.82, 2.24) is 0 Å². The lowest BCUT2D eigenvalue weighted by Gasteiger charge is -2.11. The molecule has 0 bridgehead atoms. The molecule has 4 nitrogen and oxygen atoms in total. The summed E-state index contributed by atoms with van der Waals surface area (Å²) in [4.78, 5) is 10.2. The van der Waals surface area contributed by atoms with Crippen LogP contribution in [0, 0.1) is 16.0 Å². The van der Waals surface area contributed by atoms with E-state index in [1.165, 1.54) is 12.1 Å². The van der Waals surface area contributed by atoms with Gasteiger partial charge < -0.3 is 4.74 Å². The van der Waals surface area contributed by atoms with E-state index >= 15 is 0 Å². The van der Waals surface area contributed by atoms with Gasteiger partial charge in [0.05, 0.1) is 16.6 Å². The van der Waals surface area contributed by atoms with Gasteiger partial charge in [0.15, 0.2) is 0 Å². The topological polar surface area (TPSA) is 52.4 Å². The van der Waals surface area contributed by atoms with Gasteiger partial charge in [-0.25, -0.2) is 0 Å². The second-order valence-corrected chi connectivity index (χ2v) is 4.22. The Kier molecular flexibility index (Phi) is 4.89. The van der Waals surface area contributed by atoms with Crippen LogP contribution in [0.2, 0.25) is 5.02 Å². The maximum atomic E-state index is 10.7. The highest BCUT2D eigenvalue weighted by atomic mass is 35.5. The summed E-state index contributed by atoms with van der Waals surface area (Å²) < 4.78 is 5.36. The minimum absolute atomic E-state index is 0.112. The van der Waals surface area contributed by atoms with Crippen LogP contribution in [0.15, 0.2) is 18.2 Å². The Morgan fingerprint density at radius 1 is 1.62 bits per heavy atom. The summed E-state index contributed by atoms with van der Waals surface area (Å²) in [6.45, 7) is 2.30. The van der Waals surface area contributed by atoms with E-state index in [9.17, 15) is 10.1 Å². The number of nitro groups is 1. The summed E-state index contributed by atoms with van der Waals surface area (Å²) >= 11 is 9.96.